The van der Waals surface area contributed by atoms with Gasteiger partial charge in [0.05, 0.1) is 7.11 Å². The Hall–Kier alpha value is -1.06. The monoisotopic (exact) mass is 234 g/mol. The van der Waals surface area contributed by atoms with Crippen molar-refractivity contribution in [2.75, 3.05) is 26.7 Å². The van der Waals surface area contributed by atoms with Crippen LogP contribution >= 0.6 is 0 Å². The van der Waals surface area contributed by atoms with Gasteiger partial charge in [0.1, 0.15) is 5.75 Å². The smallest absolute Gasteiger partial charge is 0.122 e. The average molecular weight is 234 g/mol. The fourth-order valence-electron chi connectivity index (χ4n) is 2.45. The molecule has 1 unspecified atom stereocenters. The van der Waals surface area contributed by atoms with Gasteiger partial charge in [0.25, 0.3) is 0 Å². The Labute approximate surface area is 104 Å². The van der Waals surface area contributed by atoms with Crippen LogP contribution in [-0.4, -0.2) is 37.7 Å². The van der Waals surface area contributed by atoms with Crippen LogP contribution in [0.4, 0.5) is 0 Å². The van der Waals surface area contributed by atoms with Gasteiger partial charge in [0.2, 0.25) is 0 Å². The second-order valence-corrected chi connectivity index (χ2v) is 4.91. The van der Waals surface area contributed by atoms with Crippen LogP contribution in [0.3, 0.4) is 0 Å². The Kier molecular flexibility index (Phi) is 4.02. The third-order valence-corrected chi connectivity index (χ3v) is 3.44. The number of hydrogen-bond acceptors (Lipinski definition) is 3. The van der Waals surface area contributed by atoms with Crippen molar-refractivity contribution in [3.8, 4) is 5.75 Å². The van der Waals surface area contributed by atoms with Gasteiger partial charge >= 0.3 is 0 Å². The lowest BCUT2D eigenvalue weighted by Crippen LogP contribution is -2.28. The summed E-state index contributed by atoms with van der Waals surface area (Å²) in [5, 5.41) is 0. The molecule has 0 aromatic heterocycles. The molecule has 2 rings (SSSR count). The number of ether oxygens (including phenoxy) is 1. The summed E-state index contributed by atoms with van der Waals surface area (Å²) >= 11 is 0. The molecule has 17 heavy (non-hydrogen) atoms. The Morgan fingerprint density at radius 3 is 2.94 bits per heavy atom. The maximum absolute atomic E-state index is 5.91. The summed E-state index contributed by atoms with van der Waals surface area (Å²) in [6.45, 7) is 5.37. The standard InChI is InChI=1S/C14H22N2O/c1-11-3-4-14(17-2)12(9-11)5-7-16-8-6-13(15)10-16/h3-4,9,13H,5-8,10,15H2,1-2H3. The molecule has 0 aliphatic carbocycles. The minimum absolute atomic E-state index is 0.370. The summed E-state index contributed by atoms with van der Waals surface area (Å²) < 4.78 is 5.39. The van der Waals surface area contributed by atoms with Crippen LogP contribution in [0, 0.1) is 6.92 Å². The highest BCUT2D eigenvalue weighted by atomic mass is 16.5. The van der Waals surface area contributed by atoms with Crippen molar-refractivity contribution in [1.29, 1.82) is 0 Å². The van der Waals surface area contributed by atoms with Crippen LogP contribution in [0.1, 0.15) is 17.5 Å². The number of aryl methyl sites for hydroxylation is 1. The fourth-order valence-corrected chi connectivity index (χ4v) is 2.45. The molecule has 1 heterocycles. The zero-order valence-corrected chi connectivity index (χ0v) is 10.8. The fraction of sp³-hybridized carbons (Fsp3) is 0.571. The lowest BCUT2D eigenvalue weighted by Gasteiger charge is -2.16. The second kappa shape index (κ2) is 5.52. The van der Waals surface area contributed by atoms with Crippen molar-refractivity contribution in [3.63, 3.8) is 0 Å². The molecule has 1 aromatic rings. The van der Waals surface area contributed by atoms with Crippen LogP contribution in [-0.2, 0) is 6.42 Å². The molecule has 0 amide bonds. The number of nitrogens with two attached hydrogens (primary N) is 1. The van der Waals surface area contributed by atoms with Crippen molar-refractivity contribution >= 4 is 0 Å². The largest absolute Gasteiger partial charge is 0.496 e. The van der Waals surface area contributed by atoms with Crippen molar-refractivity contribution < 1.29 is 4.74 Å². The van der Waals surface area contributed by atoms with Gasteiger partial charge in [-0.1, -0.05) is 17.7 Å². The van der Waals surface area contributed by atoms with E-state index in [1.54, 1.807) is 7.11 Å². The maximum Gasteiger partial charge on any atom is 0.122 e. The van der Waals surface area contributed by atoms with Gasteiger partial charge < -0.3 is 15.4 Å². The Morgan fingerprint density at radius 2 is 2.29 bits per heavy atom. The van der Waals surface area contributed by atoms with Crippen LogP contribution in [0.2, 0.25) is 0 Å². The Bertz CT molecular complexity index is 378. The van der Waals surface area contributed by atoms with Crippen LogP contribution in [0.5, 0.6) is 5.75 Å². The van der Waals surface area contributed by atoms with Gasteiger partial charge in [-0.3, -0.25) is 0 Å². The zero-order valence-electron chi connectivity index (χ0n) is 10.8. The minimum Gasteiger partial charge on any atom is -0.496 e. The van der Waals surface area contributed by atoms with Gasteiger partial charge in [-0.05, 0) is 37.9 Å². The van der Waals surface area contributed by atoms with E-state index in [4.69, 9.17) is 10.5 Å². The first-order valence-corrected chi connectivity index (χ1v) is 6.30. The van der Waals surface area contributed by atoms with Crippen LogP contribution in [0.25, 0.3) is 0 Å². The van der Waals surface area contributed by atoms with E-state index in [9.17, 15) is 0 Å². The molecule has 2 N–H and O–H groups in total. The quantitative estimate of drug-likeness (QED) is 0.859. The van der Waals surface area contributed by atoms with Crippen molar-refractivity contribution in [2.24, 2.45) is 5.73 Å². The molecule has 3 heteroatoms. The lowest BCUT2D eigenvalue weighted by atomic mass is 10.1. The van der Waals surface area contributed by atoms with Gasteiger partial charge in [-0.25, -0.2) is 0 Å². The molecule has 0 spiro atoms. The third-order valence-electron chi connectivity index (χ3n) is 3.44. The molecule has 3 nitrogen and oxygen atoms in total. The number of hydrogen-bond donors (Lipinski definition) is 1. The molecule has 1 aromatic carbocycles. The molecule has 0 saturated carbocycles. The molecule has 94 valence electrons. The van der Waals surface area contributed by atoms with E-state index in [1.807, 2.05) is 0 Å². The molecule has 1 saturated heterocycles. The second-order valence-electron chi connectivity index (χ2n) is 4.91. The topological polar surface area (TPSA) is 38.5 Å². The average Bonchev–Trinajstić information content (AvgIpc) is 2.73. The Balaban J connectivity index is 1.96. The highest BCUT2D eigenvalue weighted by molar-refractivity contribution is 5.37. The van der Waals surface area contributed by atoms with Gasteiger partial charge in [0, 0.05) is 19.1 Å². The highest BCUT2D eigenvalue weighted by Crippen LogP contribution is 2.21. The number of rotatable bonds is 4. The normalized spacial score (nSPS) is 20.8. The van der Waals surface area contributed by atoms with E-state index >= 15 is 0 Å². The SMILES string of the molecule is COc1ccc(C)cc1CCN1CCC(N)C1. The van der Waals surface area contributed by atoms with Crippen LogP contribution in [0.15, 0.2) is 18.2 Å². The maximum atomic E-state index is 5.91. The van der Waals surface area contributed by atoms with E-state index in [0.29, 0.717) is 6.04 Å². The molecular weight excluding hydrogens is 212 g/mol. The third kappa shape index (κ3) is 3.20. The molecule has 0 bridgehead atoms. The van der Waals surface area contributed by atoms with Crippen LogP contribution < -0.4 is 10.5 Å². The first kappa shape index (κ1) is 12.4. The first-order valence-electron chi connectivity index (χ1n) is 6.30. The van der Waals surface area contributed by atoms with Crippen molar-refractivity contribution in [3.05, 3.63) is 29.3 Å². The molecular formula is C14H22N2O. The van der Waals surface area contributed by atoms with E-state index in [0.717, 1.165) is 38.2 Å². The summed E-state index contributed by atoms with van der Waals surface area (Å²) in [5.41, 5.74) is 8.50. The first-order chi connectivity index (χ1) is 8.19. The van der Waals surface area contributed by atoms with Crippen molar-refractivity contribution in [1.82, 2.24) is 4.90 Å². The van der Waals surface area contributed by atoms with Gasteiger partial charge in [-0.15, -0.1) is 0 Å². The number of likely N-dealkylation sites (tertiary alicyclic amines) is 1. The lowest BCUT2D eigenvalue weighted by molar-refractivity contribution is 0.335. The molecule has 1 aliphatic rings. The van der Waals surface area contributed by atoms with E-state index in [2.05, 4.69) is 30.0 Å². The predicted octanol–water partition coefficient (Wildman–Crippen LogP) is 1.58. The summed E-state index contributed by atoms with van der Waals surface area (Å²) in [4.78, 5) is 2.44. The summed E-state index contributed by atoms with van der Waals surface area (Å²) in [6.07, 6.45) is 2.17. The van der Waals surface area contributed by atoms with Crippen molar-refractivity contribution in [2.45, 2.75) is 25.8 Å². The highest BCUT2D eigenvalue weighted by Gasteiger charge is 2.18. The predicted molar refractivity (Wildman–Crippen MR) is 70.5 cm³/mol. The van der Waals surface area contributed by atoms with E-state index in [1.165, 1.54) is 11.1 Å². The summed E-state index contributed by atoms with van der Waals surface area (Å²) in [7, 11) is 1.74. The van der Waals surface area contributed by atoms with Gasteiger partial charge in [-0.2, -0.15) is 0 Å². The number of benzene rings is 1. The van der Waals surface area contributed by atoms with E-state index in [-0.39, 0.29) is 0 Å². The number of methoxy groups -OCH3 is 1. The summed E-state index contributed by atoms with van der Waals surface area (Å²) in [5.74, 6) is 0.999. The van der Waals surface area contributed by atoms with Gasteiger partial charge in [0.15, 0.2) is 0 Å². The summed E-state index contributed by atoms with van der Waals surface area (Å²) in [6, 6.07) is 6.73. The molecule has 1 atom stereocenters. The van der Waals surface area contributed by atoms with E-state index < -0.39 is 0 Å². The molecule has 1 aliphatic heterocycles. The minimum atomic E-state index is 0.370. The molecule has 1 fully saturated rings. The Morgan fingerprint density at radius 1 is 1.47 bits per heavy atom. The zero-order chi connectivity index (χ0) is 12.3. The molecule has 0 radical (unpaired) electrons. The number of nitrogens with zero attached hydrogens (tertiary/aromatic N) is 1.